The Bertz CT molecular complexity index is 384. The minimum absolute atomic E-state index is 0.521. The van der Waals surface area contributed by atoms with E-state index in [9.17, 15) is 0 Å². The van der Waals surface area contributed by atoms with Crippen LogP contribution in [0.4, 0.5) is 5.69 Å². The van der Waals surface area contributed by atoms with Gasteiger partial charge in [0.2, 0.25) is 0 Å². The molecule has 0 bridgehead atoms. The second kappa shape index (κ2) is 6.21. The Balaban J connectivity index is 2.16. The number of thioether (sulfide) groups is 1. The van der Waals surface area contributed by atoms with Gasteiger partial charge in [0.25, 0.3) is 0 Å². The molecule has 17 heavy (non-hydrogen) atoms. The van der Waals surface area contributed by atoms with Crippen molar-refractivity contribution in [2.24, 2.45) is 0 Å². The molecule has 0 N–H and O–H groups in total. The largest absolute Gasteiger partial charge is 0.368 e. The Morgan fingerprint density at radius 2 is 2.29 bits per heavy atom. The van der Waals surface area contributed by atoms with E-state index in [-0.39, 0.29) is 0 Å². The average molecular weight is 290 g/mol. The number of rotatable bonds is 3. The van der Waals surface area contributed by atoms with E-state index in [1.807, 2.05) is 6.07 Å². The number of halogens is 2. The molecule has 0 radical (unpaired) electrons. The van der Waals surface area contributed by atoms with Crippen molar-refractivity contribution in [1.82, 2.24) is 0 Å². The van der Waals surface area contributed by atoms with Gasteiger partial charge in [-0.3, -0.25) is 0 Å². The fraction of sp³-hybridized carbons (Fsp3) is 0.538. The van der Waals surface area contributed by atoms with Crippen LogP contribution in [-0.2, 0) is 5.88 Å². The van der Waals surface area contributed by atoms with Crippen LogP contribution in [-0.4, -0.2) is 24.1 Å². The zero-order valence-corrected chi connectivity index (χ0v) is 12.3. The quantitative estimate of drug-likeness (QED) is 0.759. The van der Waals surface area contributed by atoms with Crippen molar-refractivity contribution >= 4 is 40.7 Å². The van der Waals surface area contributed by atoms with Crippen LogP contribution in [0.3, 0.4) is 0 Å². The number of alkyl halides is 1. The molecule has 1 heterocycles. The van der Waals surface area contributed by atoms with E-state index in [2.05, 4.69) is 35.7 Å². The highest BCUT2D eigenvalue weighted by molar-refractivity contribution is 8.00. The van der Waals surface area contributed by atoms with E-state index in [1.165, 1.54) is 12.2 Å². The zero-order chi connectivity index (χ0) is 12.3. The summed E-state index contributed by atoms with van der Waals surface area (Å²) in [5, 5.41) is 1.55. The fourth-order valence-electron chi connectivity index (χ4n) is 2.08. The lowest BCUT2D eigenvalue weighted by molar-refractivity contribution is 0.728. The van der Waals surface area contributed by atoms with Crippen molar-refractivity contribution in [3.05, 3.63) is 28.8 Å². The topological polar surface area (TPSA) is 3.24 Å². The highest BCUT2D eigenvalue weighted by Gasteiger charge is 2.20. The minimum atomic E-state index is 0.521. The second-order valence-corrected chi connectivity index (χ2v) is 6.35. The number of hydrogen-bond donors (Lipinski definition) is 0. The number of anilines is 1. The summed E-state index contributed by atoms with van der Waals surface area (Å²) in [5.74, 6) is 1.71. The smallest absolute Gasteiger partial charge is 0.0642 e. The molecule has 1 aromatic carbocycles. The van der Waals surface area contributed by atoms with Crippen LogP contribution in [0, 0.1) is 0 Å². The summed E-state index contributed by atoms with van der Waals surface area (Å²) in [4.78, 5) is 2.39. The molecule has 1 fully saturated rings. The average Bonchev–Trinajstić information content (AvgIpc) is 2.38. The van der Waals surface area contributed by atoms with Gasteiger partial charge in [0.15, 0.2) is 0 Å². The Morgan fingerprint density at radius 3 is 2.94 bits per heavy atom. The molecular weight excluding hydrogens is 273 g/mol. The van der Waals surface area contributed by atoms with Gasteiger partial charge < -0.3 is 4.90 Å². The molecule has 0 aromatic heterocycles. The van der Waals surface area contributed by atoms with Crippen LogP contribution in [0.15, 0.2) is 18.2 Å². The van der Waals surface area contributed by atoms with Gasteiger partial charge in [0.05, 0.1) is 10.7 Å². The van der Waals surface area contributed by atoms with Crippen LogP contribution in [0.1, 0.15) is 18.9 Å². The monoisotopic (exact) mass is 289 g/mol. The molecule has 4 heteroatoms. The third-order valence-corrected chi connectivity index (χ3v) is 5.08. The maximum atomic E-state index is 6.33. The zero-order valence-electron chi connectivity index (χ0n) is 9.96. The summed E-state index contributed by atoms with van der Waals surface area (Å²) in [6, 6.07) is 6.15. The first-order chi connectivity index (χ1) is 8.24. The SMILES string of the molecule is CCC1CN(c2ccc(CCl)cc2Cl)CCS1. The number of hydrogen-bond acceptors (Lipinski definition) is 2. The van der Waals surface area contributed by atoms with Gasteiger partial charge in [0, 0.05) is 30.0 Å². The minimum Gasteiger partial charge on any atom is -0.368 e. The van der Waals surface area contributed by atoms with Gasteiger partial charge in [-0.25, -0.2) is 0 Å². The van der Waals surface area contributed by atoms with E-state index in [0.29, 0.717) is 5.88 Å². The van der Waals surface area contributed by atoms with Gasteiger partial charge in [-0.2, -0.15) is 11.8 Å². The van der Waals surface area contributed by atoms with Crippen LogP contribution >= 0.6 is 35.0 Å². The molecule has 1 unspecified atom stereocenters. The van der Waals surface area contributed by atoms with Crippen molar-refractivity contribution in [3.8, 4) is 0 Å². The fourth-order valence-corrected chi connectivity index (χ4v) is 3.74. The molecule has 1 aliphatic rings. The van der Waals surface area contributed by atoms with Crippen molar-refractivity contribution in [3.63, 3.8) is 0 Å². The molecular formula is C13H17Cl2NS. The van der Waals surface area contributed by atoms with E-state index < -0.39 is 0 Å². The summed E-state index contributed by atoms with van der Waals surface area (Å²) in [6.07, 6.45) is 1.22. The van der Waals surface area contributed by atoms with Gasteiger partial charge in [-0.05, 0) is 24.1 Å². The Hall–Kier alpha value is -0.0500. The van der Waals surface area contributed by atoms with Gasteiger partial charge >= 0.3 is 0 Å². The maximum absolute atomic E-state index is 6.33. The first-order valence-corrected chi connectivity index (χ1v) is 7.91. The Kier molecular flexibility index (Phi) is 4.89. The van der Waals surface area contributed by atoms with Gasteiger partial charge in [0.1, 0.15) is 0 Å². The second-order valence-electron chi connectivity index (χ2n) is 4.27. The first-order valence-electron chi connectivity index (χ1n) is 5.95. The molecule has 94 valence electrons. The standard InChI is InChI=1S/C13H17Cl2NS/c1-2-11-9-16(5-6-17-11)13-4-3-10(8-14)7-12(13)15/h3-4,7,11H,2,5-6,8-9H2,1H3. The van der Waals surface area contributed by atoms with E-state index in [4.69, 9.17) is 23.2 Å². The van der Waals surface area contributed by atoms with E-state index in [0.717, 1.165) is 34.6 Å². The Morgan fingerprint density at radius 1 is 1.47 bits per heavy atom. The summed E-state index contributed by atoms with van der Waals surface area (Å²) in [7, 11) is 0. The van der Waals surface area contributed by atoms with Crippen molar-refractivity contribution in [2.45, 2.75) is 24.5 Å². The molecule has 0 aliphatic carbocycles. The summed E-state index contributed by atoms with van der Waals surface area (Å²) >= 11 is 14.2. The third kappa shape index (κ3) is 3.24. The lowest BCUT2D eigenvalue weighted by Gasteiger charge is -2.34. The summed E-state index contributed by atoms with van der Waals surface area (Å²) in [5.41, 5.74) is 2.23. The summed E-state index contributed by atoms with van der Waals surface area (Å²) in [6.45, 7) is 4.43. The normalized spacial score (nSPS) is 20.6. The van der Waals surface area contributed by atoms with Gasteiger partial charge in [-0.1, -0.05) is 24.6 Å². The van der Waals surface area contributed by atoms with Crippen LogP contribution in [0.25, 0.3) is 0 Å². The number of benzene rings is 1. The van der Waals surface area contributed by atoms with Crippen LogP contribution < -0.4 is 4.90 Å². The molecule has 1 aliphatic heterocycles. The molecule has 1 atom stereocenters. The predicted octanol–water partition coefficient (Wildman–Crippen LogP) is 4.41. The lowest BCUT2D eigenvalue weighted by Crippen LogP contribution is -2.37. The Labute approximate surface area is 117 Å². The van der Waals surface area contributed by atoms with Crippen molar-refractivity contribution < 1.29 is 0 Å². The molecule has 0 saturated carbocycles. The predicted molar refractivity (Wildman–Crippen MR) is 79.8 cm³/mol. The third-order valence-electron chi connectivity index (χ3n) is 3.10. The molecule has 1 saturated heterocycles. The van der Waals surface area contributed by atoms with Crippen molar-refractivity contribution in [1.29, 1.82) is 0 Å². The van der Waals surface area contributed by atoms with E-state index >= 15 is 0 Å². The molecule has 1 aromatic rings. The lowest BCUT2D eigenvalue weighted by atomic mass is 10.2. The molecule has 0 spiro atoms. The summed E-state index contributed by atoms with van der Waals surface area (Å²) < 4.78 is 0. The van der Waals surface area contributed by atoms with Crippen LogP contribution in [0.5, 0.6) is 0 Å². The van der Waals surface area contributed by atoms with Crippen molar-refractivity contribution in [2.75, 3.05) is 23.7 Å². The first kappa shape index (κ1) is 13.4. The highest BCUT2D eigenvalue weighted by atomic mass is 35.5. The maximum Gasteiger partial charge on any atom is 0.0642 e. The molecule has 0 amide bonds. The highest BCUT2D eigenvalue weighted by Crippen LogP contribution is 2.31. The molecule has 1 nitrogen and oxygen atoms in total. The van der Waals surface area contributed by atoms with Gasteiger partial charge in [-0.15, -0.1) is 11.6 Å². The molecule has 2 rings (SSSR count). The van der Waals surface area contributed by atoms with Crippen LogP contribution in [0.2, 0.25) is 5.02 Å². The van der Waals surface area contributed by atoms with E-state index in [1.54, 1.807) is 0 Å². The number of nitrogens with zero attached hydrogens (tertiary/aromatic N) is 1.